The van der Waals surface area contributed by atoms with Gasteiger partial charge in [0.2, 0.25) is 0 Å². The highest BCUT2D eigenvalue weighted by Gasteiger charge is 2.54. The topological polar surface area (TPSA) is 46.5 Å². The number of aliphatic hydroxyl groups excluding tert-OH is 1. The van der Waals surface area contributed by atoms with Gasteiger partial charge in [0.25, 0.3) is 0 Å². The van der Waals surface area contributed by atoms with Crippen molar-refractivity contribution in [1.29, 1.82) is 0 Å². The Hall–Kier alpha value is -0.570. The highest BCUT2D eigenvalue weighted by molar-refractivity contribution is 5.69. The molecular formula is C20H36O3. The maximum atomic E-state index is 11.7. The quantitative estimate of drug-likeness (QED) is 0.728. The van der Waals surface area contributed by atoms with Crippen molar-refractivity contribution < 1.29 is 14.6 Å². The van der Waals surface area contributed by atoms with Gasteiger partial charge in [0, 0.05) is 6.42 Å². The molecule has 0 radical (unpaired) electrons. The monoisotopic (exact) mass is 324 g/mol. The van der Waals surface area contributed by atoms with E-state index in [0.717, 1.165) is 19.3 Å². The van der Waals surface area contributed by atoms with Crippen molar-refractivity contribution >= 4 is 5.97 Å². The van der Waals surface area contributed by atoms with E-state index in [1.807, 2.05) is 6.92 Å². The number of hydrogen-bond donors (Lipinski definition) is 1. The van der Waals surface area contributed by atoms with Crippen molar-refractivity contribution in [2.45, 2.75) is 85.7 Å². The van der Waals surface area contributed by atoms with Crippen molar-refractivity contribution in [2.24, 2.45) is 28.6 Å². The summed E-state index contributed by atoms with van der Waals surface area (Å²) in [5, 5.41) is 10.4. The summed E-state index contributed by atoms with van der Waals surface area (Å²) in [6, 6.07) is 0. The van der Waals surface area contributed by atoms with Crippen LogP contribution < -0.4 is 0 Å². The van der Waals surface area contributed by atoms with Gasteiger partial charge >= 0.3 is 5.97 Å². The summed E-state index contributed by atoms with van der Waals surface area (Å²) in [6.07, 6.45) is 7.07. The van der Waals surface area contributed by atoms with Gasteiger partial charge in [-0.05, 0) is 67.6 Å². The van der Waals surface area contributed by atoms with Crippen LogP contribution in [0.25, 0.3) is 0 Å². The third kappa shape index (κ3) is 3.75. The van der Waals surface area contributed by atoms with Gasteiger partial charge in [0.15, 0.2) is 0 Å². The first-order valence-corrected chi connectivity index (χ1v) is 9.56. The molecule has 2 rings (SSSR count). The van der Waals surface area contributed by atoms with Crippen LogP contribution in [0, 0.1) is 28.6 Å². The van der Waals surface area contributed by atoms with Crippen LogP contribution in [0.4, 0.5) is 0 Å². The summed E-state index contributed by atoms with van der Waals surface area (Å²) >= 11 is 0. The van der Waals surface area contributed by atoms with E-state index in [1.54, 1.807) is 0 Å². The summed E-state index contributed by atoms with van der Waals surface area (Å²) in [6.45, 7) is 11.7. The molecule has 0 saturated heterocycles. The Bertz CT molecular complexity index is 417. The Morgan fingerprint density at radius 2 is 2.04 bits per heavy atom. The average Bonchev–Trinajstić information content (AvgIpc) is 2.83. The molecule has 1 N–H and O–H groups in total. The molecule has 2 fully saturated rings. The summed E-state index contributed by atoms with van der Waals surface area (Å²) in [5.41, 5.74) is 0.399. The van der Waals surface area contributed by atoms with E-state index in [0.29, 0.717) is 30.8 Å². The lowest BCUT2D eigenvalue weighted by atomic mass is 9.57. The normalized spacial score (nSPS) is 35.7. The molecule has 2 saturated carbocycles. The van der Waals surface area contributed by atoms with Crippen molar-refractivity contribution in [3.8, 4) is 0 Å². The number of aliphatic hydroxyl groups is 1. The first kappa shape index (κ1) is 18.8. The summed E-state index contributed by atoms with van der Waals surface area (Å²) in [7, 11) is 0. The highest BCUT2D eigenvalue weighted by Crippen LogP contribution is 2.60. The van der Waals surface area contributed by atoms with Crippen molar-refractivity contribution in [3.05, 3.63) is 0 Å². The number of hydrogen-bond acceptors (Lipinski definition) is 3. The largest absolute Gasteiger partial charge is 0.466 e. The van der Waals surface area contributed by atoms with E-state index in [-0.39, 0.29) is 22.9 Å². The van der Waals surface area contributed by atoms with Crippen LogP contribution in [0.2, 0.25) is 0 Å². The molecule has 2 aliphatic carbocycles. The first-order chi connectivity index (χ1) is 10.7. The lowest BCUT2D eigenvalue weighted by molar-refractivity contribution is -0.144. The zero-order chi connectivity index (χ0) is 17.3. The SMILES string of the molecule is CCOC(=O)CCC(C)(C)[C@H](C)C1CCC2[C@@H](O)CCC[C@]12C. The standard InChI is InChI=1S/C20H36O3/c1-6-23-18(22)11-13-19(3,4)14(2)15-9-10-16-17(21)8-7-12-20(15,16)5/h14-17,21H,6-13H2,1-5H3/t14-,15?,16?,17+,20-/m1/s1. The zero-order valence-corrected chi connectivity index (χ0v) is 15.7. The second kappa shape index (κ2) is 7.13. The molecule has 3 nitrogen and oxygen atoms in total. The predicted molar refractivity (Wildman–Crippen MR) is 93.0 cm³/mol. The number of rotatable bonds is 6. The van der Waals surface area contributed by atoms with E-state index in [9.17, 15) is 9.90 Å². The maximum absolute atomic E-state index is 11.7. The third-order valence-corrected chi connectivity index (χ3v) is 7.28. The molecule has 0 aliphatic heterocycles. The Balaban J connectivity index is 2.03. The first-order valence-electron chi connectivity index (χ1n) is 9.56. The molecule has 3 heteroatoms. The Kier molecular flexibility index (Phi) is 5.81. The molecule has 2 unspecified atom stereocenters. The fourth-order valence-electron chi connectivity index (χ4n) is 5.44. The fourth-order valence-corrected chi connectivity index (χ4v) is 5.44. The van der Waals surface area contributed by atoms with E-state index in [4.69, 9.17) is 4.74 Å². The molecule has 0 aromatic rings. The van der Waals surface area contributed by atoms with Gasteiger partial charge in [-0.25, -0.2) is 0 Å². The van der Waals surface area contributed by atoms with Gasteiger partial charge < -0.3 is 9.84 Å². The van der Waals surface area contributed by atoms with Crippen LogP contribution in [0.15, 0.2) is 0 Å². The van der Waals surface area contributed by atoms with Gasteiger partial charge in [0.1, 0.15) is 0 Å². The van der Waals surface area contributed by atoms with Gasteiger partial charge in [-0.15, -0.1) is 0 Å². The summed E-state index contributed by atoms with van der Waals surface area (Å²) < 4.78 is 5.09. The van der Waals surface area contributed by atoms with E-state index in [1.165, 1.54) is 19.3 Å². The molecule has 23 heavy (non-hydrogen) atoms. The van der Waals surface area contributed by atoms with Crippen LogP contribution in [0.3, 0.4) is 0 Å². The molecule has 0 aromatic heterocycles. The molecule has 0 bridgehead atoms. The van der Waals surface area contributed by atoms with Crippen molar-refractivity contribution in [2.75, 3.05) is 6.61 Å². The summed E-state index contributed by atoms with van der Waals surface area (Å²) in [4.78, 5) is 11.7. The minimum Gasteiger partial charge on any atom is -0.466 e. The minimum absolute atomic E-state index is 0.0728. The Morgan fingerprint density at radius 3 is 2.70 bits per heavy atom. The second-order valence-electron chi connectivity index (χ2n) is 8.84. The van der Waals surface area contributed by atoms with Crippen LogP contribution in [0.5, 0.6) is 0 Å². The molecular weight excluding hydrogens is 288 g/mol. The molecule has 134 valence electrons. The van der Waals surface area contributed by atoms with Gasteiger partial charge in [0.05, 0.1) is 12.7 Å². The van der Waals surface area contributed by atoms with Gasteiger partial charge in [-0.1, -0.05) is 34.1 Å². The Labute approximate surface area is 142 Å². The number of fused-ring (bicyclic) bond motifs is 1. The molecule has 0 amide bonds. The zero-order valence-electron chi connectivity index (χ0n) is 15.7. The van der Waals surface area contributed by atoms with E-state index < -0.39 is 0 Å². The minimum atomic E-state index is -0.103. The van der Waals surface area contributed by atoms with Crippen molar-refractivity contribution in [3.63, 3.8) is 0 Å². The summed E-state index contributed by atoms with van der Waals surface area (Å²) in [5.74, 6) is 1.61. The van der Waals surface area contributed by atoms with Gasteiger partial charge in [-0.3, -0.25) is 4.79 Å². The van der Waals surface area contributed by atoms with Gasteiger partial charge in [-0.2, -0.15) is 0 Å². The molecule has 0 spiro atoms. The lowest BCUT2D eigenvalue weighted by Gasteiger charge is -2.48. The smallest absolute Gasteiger partial charge is 0.305 e. The number of ether oxygens (including phenoxy) is 1. The molecule has 5 atom stereocenters. The predicted octanol–water partition coefficient (Wildman–Crippen LogP) is 4.57. The van der Waals surface area contributed by atoms with Crippen molar-refractivity contribution in [1.82, 2.24) is 0 Å². The fraction of sp³-hybridized carbons (Fsp3) is 0.950. The number of esters is 1. The average molecular weight is 325 g/mol. The van der Waals surface area contributed by atoms with E-state index >= 15 is 0 Å². The van der Waals surface area contributed by atoms with Crippen LogP contribution in [0.1, 0.15) is 79.6 Å². The van der Waals surface area contributed by atoms with E-state index in [2.05, 4.69) is 27.7 Å². The van der Waals surface area contributed by atoms with Crippen LogP contribution >= 0.6 is 0 Å². The number of carbonyl (C=O) groups is 1. The lowest BCUT2D eigenvalue weighted by Crippen LogP contribution is -2.44. The highest BCUT2D eigenvalue weighted by atomic mass is 16.5. The molecule has 0 heterocycles. The molecule has 0 aromatic carbocycles. The number of carbonyl (C=O) groups excluding carboxylic acids is 1. The Morgan fingerprint density at radius 1 is 1.35 bits per heavy atom. The van der Waals surface area contributed by atoms with Crippen LogP contribution in [-0.4, -0.2) is 23.8 Å². The van der Waals surface area contributed by atoms with Crippen LogP contribution in [-0.2, 0) is 9.53 Å². The third-order valence-electron chi connectivity index (χ3n) is 7.28. The molecule has 2 aliphatic rings. The second-order valence-corrected chi connectivity index (χ2v) is 8.84. The maximum Gasteiger partial charge on any atom is 0.305 e.